The first-order valence-electron chi connectivity index (χ1n) is 20.3. The zero-order valence-corrected chi connectivity index (χ0v) is 32.5. The molecule has 4 N–H and O–H groups in total. The monoisotopic (exact) mass is 712 g/mol. The van der Waals surface area contributed by atoms with Crippen molar-refractivity contribution in [2.24, 2.45) is 0 Å². The van der Waals surface area contributed by atoms with E-state index in [-0.39, 0.29) is 6.42 Å². The van der Waals surface area contributed by atoms with Crippen LogP contribution in [0.4, 0.5) is 0 Å². The topological polar surface area (TPSA) is 124 Å². The van der Waals surface area contributed by atoms with Gasteiger partial charge in [-0.3, -0.25) is 9.35 Å². The molecule has 0 fully saturated rings. The van der Waals surface area contributed by atoms with Gasteiger partial charge in [-0.05, 0) is 57.8 Å². The van der Waals surface area contributed by atoms with Crippen LogP contribution < -0.4 is 5.32 Å². The summed E-state index contributed by atoms with van der Waals surface area (Å²) < 4.78 is 32.4. The van der Waals surface area contributed by atoms with E-state index in [4.69, 9.17) is 0 Å². The maximum absolute atomic E-state index is 12.6. The predicted octanol–water partition coefficient (Wildman–Crippen LogP) is 10.7. The maximum atomic E-state index is 12.6. The summed E-state index contributed by atoms with van der Waals surface area (Å²) in [5, 5.41) is 23.3. The molecule has 0 aromatic carbocycles. The minimum absolute atomic E-state index is 0.267. The van der Waals surface area contributed by atoms with E-state index < -0.39 is 40.0 Å². The number of aliphatic hydroxyl groups excluding tert-OH is 2. The van der Waals surface area contributed by atoms with Gasteiger partial charge < -0.3 is 15.5 Å². The molecule has 0 bridgehead atoms. The molecule has 0 spiro atoms. The molecule has 0 rings (SSSR count). The maximum Gasteiger partial charge on any atom is 0.267 e. The van der Waals surface area contributed by atoms with Gasteiger partial charge in [-0.1, -0.05) is 172 Å². The van der Waals surface area contributed by atoms with Crippen LogP contribution in [0.15, 0.2) is 36.5 Å². The van der Waals surface area contributed by atoms with Crippen molar-refractivity contribution in [2.75, 3.05) is 5.75 Å². The number of rotatable bonds is 36. The second-order valence-electron chi connectivity index (χ2n) is 14.0. The van der Waals surface area contributed by atoms with E-state index in [1.807, 2.05) is 0 Å². The van der Waals surface area contributed by atoms with E-state index in [2.05, 4.69) is 43.5 Å². The smallest absolute Gasteiger partial charge is 0.267 e. The number of aliphatic hydroxyl groups is 2. The molecule has 0 aromatic heterocycles. The van der Waals surface area contributed by atoms with Crippen LogP contribution in [-0.4, -0.2) is 53.1 Å². The van der Waals surface area contributed by atoms with Gasteiger partial charge >= 0.3 is 0 Å². The average molecular weight is 712 g/mol. The molecule has 0 aliphatic heterocycles. The Morgan fingerprint density at radius 1 is 0.551 bits per heavy atom. The summed E-state index contributed by atoms with van der Waals surface area (Å²) in [5.74, 6) is -1.56. The van der Waals surface area contributed by atoms with Crippen molar-refractivity contribution in [1.29, 1.82) is 0 Å². The van der Waals surface area contributed by atoms with Crippen LogP contribution in [0.5, 0.6) is 0 Å². The molecule has 8 heteroatoms. The van der Waals surface area contributed by atoms with E-state index >= 15 is 0 Å². The van der Waals surface area contributed by atoms with Gasteiger partial charge in [-0.2, -0.15) is 8.42 Å². The highest BCUT2D eigenvalue weighted by Gasteiger charge is 2.27. The summed E-state index contributed by atoms with van der Waals surface area (Å²) in [4.78, 5) is 12.6. The van der Waals surface area contributed by atoms with Crippen molar-refractivity contribution in [2.45, 2.75) is 212 Å². The zero-order valence-electron chi connectivity index (χ0n) is 31.7. The van der Waals surface area contributed by atoms with Crippen LogP contribution in [0, 0.1) is 0 Å². The Morgan fingerprint density at radius 3 is 1.35 bits per heavy atom. The highest BCUT2D eigenvalue weighted by molar-refractivity contribution is 7.85. The van der Waals surface area contributed by atoms with Gasteiger partial charge in [0.05, 0.1) is 17.9 Å². The third-order valence-electron chi connectivity index (χ3n) is 9.15. The number of amides is 1. The molecular weight excluding hydrogens is 635 g/mol. The highest BCUT2D eigenvalue weighted by Crippen LogP contribution is 2.14. The van der Waals surface area contributed by atoms with Gasteiger partial charge in [0, 0.05) is 0 Å². The fraction of sp³-hybridized carbons (Fsp3) is 0.829. The molecule has 1 amide bonds. The van der Waals surface area contributed by atoms with Crippen LogP contribution in [0.2, 0.25) is 0 Å². The first-order valence-corrected chi connectivity index (χ1v) is 21.9. The Balaban J connectivity index is 4.07. The quantitative estimate of drug-likeness (QED) is 0.0291. The molecular formula is C41H77NO6S. The fourth-order valence-corrected chi connectivity index (χ4v) is 6.73. The van der Waals surface area contributed by atoms with Gasteiger partial charge in [0.15, 0.2) is 0 Å². The molecule has 49 heavy (non-hydrogen) atoms. The lowest BCUT2D eigenvalue weighted by Crippen LogP contribution is -2.50. The lowest BCUT2D eigenvalue weighted by Gasteiger charge is -2.22. The number of hydrogen-bond acceptors (Lipinski definition) is 5. The van der Waals surface area contributed by atoms with Crippen LogP contribution >= 0.6 is 0 Å². The van der Waals surface area contributed by atoms with Crippen LogP contribution in [-0.2, 0) is 14.9 Å². The van der Waals surface area contributed by atoms with Gasteiger partial charge in [-0.25, -0.2) is 0 Å². The van der Waals surface area contributed by atoms with Crippen molar-refractivity contribution in [3.05, 3.63) is 36.5 Å². The first-order chi connectivity index (χ1) is 23.7. The number of hydrogen-bond donors (Lipinski definition) is 4. The summed E-state index contributed by atoms with van der Waals surface area (Å²) in [5.41, 5.74) is 0. The fourth-order valence-electron chi connectivity index (χ4n) is 6.00. The number of allylic oxidation sites excluding steroid dienone is 5. The van der Waals surface area contributed by atoms with Gasteiger partial charge in [0.1, 0.15) is 6.10 Å². The minimum Gasteiger partial charge on any atom is -0.387 e. The Kier molecular flexibility index (Phi) is 33.9. The third kappa shape index (κ3) is 34.7. The molecule has 0 heterocycles. The van der Waals surface area contributed by atoms with E-state index in [9.17, 15) is 28.0 Å². The molecule has 288 valence electrons. The molecule has 7 nitrogen and oxygen atoms in total. The Morgan fingerprint density at radius 2 is 0.918 bits per heavy atom. The van der Waals surface area contributed by atoms with Crippen LogP contribution in [0.25, 0.3) is 0 Å². The highest BCUT2D eigenvalue weighted by atomic mass is 32.2. The zero-order chi connectivity index (χ0) is 36.3. The summed E-state index contributed by atoms with van der Waals surface area (Å²) in [7, 11) is -4.45. The minimum atomic E-state index is -4.45. The second-order valence-corrected chi connectivity index (χ2v) is 15.5. The number of unbranched alkanes of at least 4 members (excludes halogenated alkanes) is 23. The van der Waals surface area contributed by atoms with E-state index in [1.165, 1.54) is 128 Å². The SMILES string of the molecule is CCCCCCCCC/C=C/CC/C=C/C(O)C(CS(=O)(=O)O)NC(=O)C(O)CCCCCCCC/C=C\CCCCCCCCCCC. The summed E-state index contributed by atoms with van der Waals surface area (Å²) in [6.45, 7) is 4.49. The number of carbonyl (C=O) groups excluding carboxylic acids is 1. The number of carbonyl (C=O) groups is 1. The molecule has 0 radical (unpaired) electrons. The predicted molar refractivity (Wildman–Crippen MR) is 208 cm³/mol. The molecule has 3 atom stereocenters. The first kappa shape index (κ1) is 47.5. The molecule has 0 saturated carbocycles. The lowest BCUT2D eigenvalue weighted by atomic mass is 10.0. The van der Waals surface area contributed by atoms with E-state index in [1.54, 1.807) is 6.08 Å². The van der Waals surface area contributed by atoms with Gasteiger partial charge in [0.2, 0.25) is 5.91 Å². The third-order valence-corrected chi connectivity index (χ3v) is 9.93. The van der Waals surface area contributed by atoms with E-state index in [0.717, 1.165) is 38.5 Å². The molecule has 0 aromatic rings. The summed E-state index contributed by atoms with van der Waals surface area (Å²) in [6.07, 6.45) is 42.0. The van der Waals surface area contributed by atoms with Gasteiger partial charge in [-0.15, -0.1) is 0 Å². The Bertz CT molecular complexity index is 932. The van der Waals surface area contributed by atoms with Crippen molar-refractivity contribution >= 4 is 16.0 Å². The number of nitrogens with one attached hydrogen (secondary N) is 1. The van der Waals surface area contributed by atoms with Crippen molar-refractivity contribution in [1.82, 2.24) is 5.32 Å². The van der Waals surface area contributed by atoms with Crippen molar-refractivity contribution in [3.8, 4) is 0 Å². The largest absolute Gasteiger partial charge is 0.387 e. The van der Waals surface area contributed by atoms with Crippen molar-refractivity contribution < 1.29 is 28.0 Å². The average Bonchev–Trinajstić information content (AvgIpc) is 3.06. The molecule has 0 aliphatic carbocycles. The van der Waals surface area contributed by atoms with Gasteiger partial charge in [0.25, 0.3) is 10.1 Å². The normalized spacial score (nSPS) is 14.3. The summed E-state index contributed by atoms with van der Waals surface area (Å²) >= 11 is 0. The Hall–Kier alpha value is -1.48. The second kappa shape index (κ2) is 34.9. The van der Waals surface area contributed by atoms with Crippen molar-refractivity contribution in [3.63, 3.8) is 0 Å². The molecule has 0 aliphatic rings. The lowest BCUT2D eigenvalue weighted by molar-refractivity contribution is -0.130. The Labute approximate surface area is 302 Å². The van der Waals surface area contributed by atoms with Crippen LogP contribution in [0.3, 0.4) is 0 Å². The molecule has 3 unspecified atom stereocenters. The van der Waals surface area contributed by atoms with E-state index in [0.29, 0.717) is 12.8 Å². The summed E-state index contributed by atoms with van der Waals surface area (Å²) in [6, 6.07) is -1.25. The standard InChI is InChI=1S/C41H77NO6S/c1-3-5-7-9-11-13-15-17-18-19-20-21-22-24-26-28-30-32-34-36-40(44)41(45)42-38(37-49(46,47)48)39(43)35-33-31-29-27-25-23-16-14-12-10-8-6-4-2/h20-21,25,27,33,35,38-40,43-44H,3-19,22-24,26,28-32,34,36-37H2,1-2H3,(H,42,45)(H,46,47,48)/b21-20-,27-25+,35-33+. The molecule has 0 saturated heterocycles. The van der Waals surface area contributed by atoms with Crippen LogP contribution in [0.1, 0.15) is 194 Å².